The first-order valence-corrected chi connectivity index (χ1v) is 8.76. The summed E-state index contributed by atoms with van der Waals surface area (Å²) in [6.07, 6.45) is 5.59. The normalized spacial score (nSPS) is 32.5. The summed E-state index contributed by atoms with van der Waals surface area (Å²) >= 11 is 5.48. The molecule has 106 valence electrons. The predicted octanol–water partition coefficient (Wildman–Crippen LogP) is 3.71. The van der Waals surface area contributed by atoms with Gasteiger partial charge < -0.3 is 10.1 Å². The van der Waals surface area contributed by atoms with Crippen molar-refractivity contribution in [2.45, 2.75) is 25.7 Å². The standard InChI is InChI=1S/C15H22BrNOS/c1-18-5-4-17-10-15(7-11-6-12(11)8-15)9-13-2-3-14(16)19-13/h2-3,11-12,17H,4-10H2,1H3. The molecule has 0 saturated heterocycles. The first-order chi connectivity index (χ1) is 9.21. The van der Waals surface area contributed by atoms with E-state index in [9.17, 15) is 0 Å². The van der Waals surface area contributed by atoms with E-state index >= 15 is 0 Å². The Morgan fingerprint density at radius 2 is 2.21 bits per heavy atom. The van der Waals surface area contributed by atoms with Gasteiger partial charge in [0.05, 0.1) is 10.4 Å². The van der Waals surface area contributed by atoms with Crippen LogP contribution in [0.1, 0.15) is 24.1 Å². The van der Waals surface area contributed by atoms with Gasteiger partial charge in [0.2, 0.25) is 0 Å². The van der Waals surface area contributed by atoms with Crippen LogP contribution in [0.5, 0.6) is 0 Å². The number of methoxy groups -OCH3 is 1. The summed E-state index contributed by atoms with van der Waals surface area (Å²) in [5, 5.41) is 3.61. The number of thiophene rings is 1. The van der Waals surface area contributed by atoms with Crippen molar-refractivity contribution in [3.63, 3.8) is 0 Å². The summed E-state index contributed by atoms with van der Waals surface area (Å²) in [5.74, 6) is 2.07. The summed E-state index contributed by atoms with van der Waals surface area (Å²) in [6.45, 7) is 2.94. The van der Waals surface area contributed by atoms with Gasteiger partial charge in [-0.15, -0.1) is 11.3 Å². The van der Waals surface area contributed by atoms with Gasteiger partial charge in [-0.25, -0.2) is 0 Å². The van der Waals surface area contributed by atoms with E-state index in [1.807, 2.05) is 11.3 Å². The van der Waals surface area contributed by atoms with E-state index < -0.39 is 0 Å². The van der Waals surface area contributed by atoms with Gasteiger partial charge in [-0.1, -0.05) is 0 Å². The molecule has 1 N–H and O–H groups in total. The third kappa shape index (κ3) is 3.41. The lowest BCUT2D eigenvalue weighted by Crippen LogP contribution is -2.36. The van der Waals surface area contributed by atoms with Crippen molar-refractivity contribution in [1.29, 1.82) is 0 Å². The molecule has 4 heteroatoms. The zero-order valence-corrected chi connectivity index (χ0v) is 13.9. The molecule has 19 heavy (non-hydrogen) atoms. The van der Waals surface area contributed by atoms with Crippen molar-refractivity contribution < 1.29 is 4.74 Å². The minimum Gasteiger partial charge on any atom is -0.383 e. The lowest BCUT2D eigenvalue weighted by atomic mass is 9.79. The van der Waals surface area contributed by atoms with Crippen LogP contribution in [-0.2, 0) is 11.2 Å². The van der Waals surface area contributed by atoms with Gasteiger partial charge in [0.15, 0.2) is 0 Å². The van der Waals surface area contributed by atoms with Crippen molar-refractivity contribution in [2.24, 2.45) is 17.3 Å². The van der Waals surface area contributed by atoms with Gasteiger partial charge in [0, 0.05) is 25.1 Å². The van der Waals surface area contributed by atoms with Crippen LogP contribution in [0.15, 0.2) is 15.9 Å². The molecule has 2 aliphatic carbocycles. The molecule has 2 fully saturated rings. The van der Waals surface area contributed by atoms with Crippen LogP contribution < -0.4 is 5.32 Å². The van der Waals surface area contributed by atoms with Crippen molar-refractivity contribution in [2.75, 3.05) is 26.8 Å². The van der Waals surface area contributed by atoms with Gasteiger partial charge in [0.1, 0.15) is 0 Å². The Labute approximate surface area is 128 Å². The minimum atomic E-state index is 0.506. The Bertz CT molecular complexity index is 424. The zero-order chi connectivity index (χ0) is 13.3. The van der Waals surface area contributed by atoms with Crippen LogP contribution >= 0.6 is 27.3 Å². The molecule has 1 aromatic heterocycles. The number of ether oxygens (including phenoxy) is 1. The van der Waals surface area contributed by atoms with Crippen molar-refractivity contribution in [1.82, 2.24) is 5.32 Å². The largest absolute Gasteiger partial charge is 0.383 e. The minimum absolute atomic E-state index is 0.506. The summed E-state index contributed by atoms with van der Waals surface area (Å²) in [7, 11) is 1.77. The summed E-state index contributed by atoms with van der Waals surface area (Å²) in [6, 6.07) is 4.47. The monoisotopic (exact) mass is 343 g/mol. The second-order valence-corrected chi connectivity index (χ2v) is 8.76. The Hall–Kier alpha value is 0.1000. The third-order valence-corrected chi connectivity index (χ3v) is 6.24. The first-order valence-electron chi connectivity index (χ1n) is 7.15. The molecule has 0 bridgehead atoms. The quantitative estimate of drug-likeness (QED) is 0.762. The summed E-state index contributed by atoms with van der Waals surface area (Å²) in [4.78, 5) is 1.53. The van der Waals surface area contributed by atoms with E-state index in [0.29, 0.717) is 5.41 Å². The predicted molar refractivity (Wildman–Crippen MR) is 83.7 cm³/mol. The van der Waals surface area contributed by atoms with Gasteiger partial charge >= 0.3 is 0 Å². The van der Waals surface area contributed by atoms with E-state index in [-0.39, 0.29) is 0 Å². The molecule has 2 nitrogen and oxygen atoms in total. The fourth-order valence-electron chi connectivity index (χ4n) is 3.70. The highest BCUT2D eigenvalue weighted by molar-refractivity contribution is 9.11. The lowest BCUT2D eigenvalue weighted by molar-refractivity contribution is 0.186. The molecule has 0 amide bonds. The second kappa shape index (κ2) is 5.84. The third-order valence-electron chi connectivity index (χ3n) is 4.62. The maximum absolute atomic E-state index is 5.12. The number of hydrogen-bond donors (Lipinski definition) is 1. The topological polar surface area (TPSA) is 21.3 Å². The number of hydrogen-bond acceptors (Lipinski definition) is 3. The number of rotatable bonds is 7. The average molecular weight is 344 g/mol. The Morgan fingerprint density at radius 1 is 1.42 bits per heavy atom. The van der Waals surface area contributed by atoms with Crippen LogP contribution in [0.4, 0.5) is 0 Å². The smallest absolute Gasteiger partial charge is 0.0701 e. The Morgan fingerprint density at radius 3 is 2.84 bits per heavy atom. The highest BCUT2D eigenvalue weighted by Gasteiger charge is 2.53. The number of halogens is 1. The molecule has 0 aliphatic heterocycles. The van der Waals surface area contributed by atoms with Gasteiger partial charge in [-0.2, -0.15) is 0 Å². The van der Waals surface area contributed by atoms with E-state index in [1.54, 1.807) is 7.11 Å². The van der Waals surface area contributed by atoms with Crippen molar-refractivity contribution in [3.8, 4) is 0 Å². The first kappa shape index (κ1) is 14.1. The molecule has 0 spiro atoms. The van der Waals surface area contributed by atoms with Gasteiger partial charge in [-0.05, 0) is 71.0 Å². The van der Waals surface area contributed by atoms with Crippen LogP contribution in [0.2, 0.25) is 0 Å². The second-order valence-electron chi connectivity index (χ2n) is 6.22. The van der Waals surface area contributed by atoms with Crippen LogP contribution in [0.3, 0.4) is 0 Å². The van der Waals surface area contributed by atoms with E-state index in [0.717, 1.165) is 31.5 Å². The molecule has 2 atom stereocenters. The maximum Gasteiger partial charge on any atom is 0.0701 e. The summed E-state index contributed by atoms with van der Waals surface area (Å²) < 4.78 is 6.38. The van der Waals surface area contributed by atoms with E-state index in [1.165, 1.54) is 34.3 Å². The van der Waals surface area contributed by atoms with Crippen LogP contribution in [-0.4, -0.2) is 26.8 Å². The van der Waals surface area contributed by atoms with E-state index in [4.69, 9.17) is 4.74 Å². The van der Waals surface area contributed by atoms with Gasteiger partial charge in [0.25, 0.3) is 0 Å². The summed E-state index contributed by atoms with van der Waals surface area (Å²) in [5.41, 5.74) is 0.506. The Kier molecular flexibility index (Phi) is 4.32. The maximum atomic E-state index is 5.12. The van der Waals surface area contributed by atoms with Crippen LogP contribution in [0, 0.1) is 17.3 Å². The molecule has 2 unspecified atom stereocenters. The van der Waals surface area contributed by atoms with Gasteiger partial charge in [-0.3, -0.25) is 0 Å². The molecule has 0 aromatic carbocycles. The van der Waals surface area contributed by atoms with Crippen molar-refractivity contribution in [3.05, 3.63) is 20.8 Å². The molecular formula is C15H22BrNOS. The zero-order valence-electron chi connectivity index (χ0n) is 11.5. The molecule has 3 rings (SSSR count). The highest BCUT2D eigenvalue weighted by Crippen LogP contribution is 2.60. The fourth-order valence-corrected chi connectivity index (χ4v) is 5.36. The fraction of sp³-hybridized carbons (Fsp3) is 0.733. The van der Waals surface area contributed by atoms with Crippen molar-refractivity contribution >= 4 is 27.3 Å². The lowest BCUT2D eigenvalue weighted by Gasteiger charge is -2.31. The molecule has 1 aromatic rings. The SMILES string of the molecule is COCCNCC1(Cc2ccc(Br)s2)CC2CC2C1. The number of nitrogens with one attached hydrogen (secondary N) is 1. The van der Waals surface area contributed by atoms with E-state index in [2.05, 4.69) is 33.4 Å². The average Bonchev–Trinajstić information content (AvgIpc) is 2.81. The molecule has 2 aliphatic rings. The molecular weight excluding hydrogens is 322 g/mol. The molecule has 1 heterocycles. The van der Waals surface area contributed by atoms with Crippen LogP contribution in [0.25, 0.3) is 0 Å². The number of fused-ring (bicyclic) bond motifs is 1. The molecule has 0 radical (unpaired) electrons. The highest BCUT2D eigenvalue weighted by atomic mass is 79.9. The Balaban J connectivity index is 1.60. The molecule has 2 saturated carbocycles.